The highest BCUT2D eigenvalue weighted by Gasteiger charge is 2.43. The first-order valence-electron chi connectivity index (χ1n) is 5.26. The van der Waals surface area contributed by atoms with Gasteiger partial charge in [-0.25, -0.2) is 10.6 Å². The largest absolute Gasteiger partial charge is 0.394 e. The van der Waals surface area contributed by atoms with E-state index in [1.54, 1.807) is 0 Å². The quantitative estimate of drug-likeness (QED) is 0.288. The number of rotatable bonds is 3. The SMILES string of the molecule is NNc1ccn(C2O[C@H](CO)[C@@H](O)[C@H]2O)c(=O)n1. The van der Waals surface area contributed by atoms with E-state index >= 15 is 0 Å². The lowest BCUT2D eigenvalue weighted by molar-refractivity contribution is -0.0549. The van der Waals surface area contributed by atoms with Crippen LogP contribution >= 0.6 is 0 Å². The molecule has 0 aliphatic carbocycles. The van der Waals surface area contributed by atoms with E-state index in [2.05, 4.69) is 10.4 Å². The molecule has 0 amide bonds. The van der Waals surface area contributed by atoms with Crippen LogP contribution in [0.3, 0.4) is 0 Å². The number of hydrazine groups is 1. The van der Waals surface area contributed by atoms with Gasteiger partial charge in [0.05, 0.1) is 6.61 Å². The van der Waals surface area contributed by atoms with Crippen molar-refractivity contribution in [3.63, 3.8) is 0 Å². The van der Waals surface area contributed by atoms with Crippen LogP contribution in [0.4, 0.5) is 5.82 Å². The highest BCUT2D eigenvalue weighted by Crippen LogP contribution is 2.27. The minimum Gasteiger partial charge on any atom is -0.394 e. The molecular formula is C9H14N4O5. The first-order valence-corrected chi connectivity index (χ1v) is 5.26. The summed E-state index contributed by atoms with van der Waals surface area (Å²) in [4.78, 5) is 15.2. The van der Waals surface area contributed by atoms with Crippen molar-refractivity contribution in [2.75, 3.05) is 12.0 Å². The van der Waals surface area contributed by atoms with E-state index in [0.717, 1.165) is 4.57 Å². The van der Waals surface area contributed by atoms with Crippen LogP contribution < -0.4 is 17.0 Å². The van der Waals surface area contributed by atoms with Gasteiger partial charge in [-0.1, -0.05) is 0 Å². The number of nitrogens with one attached hydrogen (secondary N) is 1. The molecule has 0 bridgehead atoms. The third kappa shape index (κ3) is 2.09. The normalized spacial score (nSPS) is 31.6. The van der Waals surface area contributed by atoms with Crippen molar-refractivity contribution in [1.82, 2.24) is 9.55 Å². The molecule has 1 aromatic rings. The number of nitrogen functional groups attached to an aromatic ring is 1. The van der Waals surface area contributed by atoms with E-state index in [0.29, 0.717) is 0 Å². The van der Waals surface area contributed by atoms with E-state index < -0.39 is 36.8 Å². The van der Waals surface area contributed by atoms with Crippen molar-refractivity contribution in [1.29, 1.82) is 0 Å². The maximum absolute atomic E-state index is 11.7. The summed E-state index contributed by atoms with van der Waals surface area (Å²) in [5, 5.41) is 28.3. The van der Waals surface area contributed by atoms with Crippen LogP contribution in [0.5, 0.6) is 0 Å². The van der Waals surface area contributed by atoms with Crippen LogP contribution in [0, 0.1) is 0 Å². The summed E-state index contributed by atoms with van der Waals surface area (Å²) in [7, 11) is 0. The number of anilines is 1. The Morgan fingerprint density at radius 1 is 1.50 bits per heavy atom. The minimum atomic E-state index is -1.32. The molecule has 1 aliphatic rings. The first kappa shape index (κ1) is 12.9. The van der Waals surface area contributed by atoms with Crippen LogP contribution in [0.25, 0.3) is 0 Å². The zero-order valence-corrected chi connectivity index (χ0v) is 9.30. The molecular weight excluding hydrogens is 244 g/mol. The Morgan fingerprint density at radius 2 is 2.22 bits per heavy atom. The average Bonchev–Trinajstić information content (AvgIpc) is 2.66. The fourth-order valence-corrected chi connectivity index (χ4v) is 1.80. The van der Waals surface area contributed by atoms with Crippen LogP contribution in [0.15, 0.2) is 17.1 Å². The molecule has 0 aromatic carbocycles. The van der Waals surface area contributed by atoms with Gasteiger partial charge >= 0.3 is 5.69 Å². The molecule has 1 unspecified atom stereocenters. The molecule has 18 heavy (non-hydrogen) atoms. The first-order chi connectivity index (χ1) is 8.58. The molecule has 9 heteroatoms. The minimum absolute atomic E-state index is 0.169. The predicted octanol–water partition coefficient (Wildman–Crippen LogP) is -2.86. The molecule has 6 N–H and O–H groups in total. The lowest BCUT2D eigenvalue weighted by atomic mass is 10.1. The monoisotopic (exact) mass is 258 g/mol. The standard InChI is InChI=1S/C9H14N4O5/c10-12-5-1-2-13(9(17)11-5)8-7(16)6(15)4(3-14)18-8/h1-2,4,6-8,14-16H,3,10H2,(H,11,12,17)/t4-,6-,7-,8?/m1/s1. The molecule has 0 spiro atoms. The van der Waals surface area contributed by atoms with Gasteiger partial charge in [-0.15, -0.1) is 0 Å². The van der Waals surface area contributed by atoms with Gasteiger partial charge in [0.15, 0.2) is 6.23 Å². The van der Waals surface area contributed by atoms with Gasteiger partial charge in [-0.2, -0.15) is 4.98 Å². The zero-order valence-electron chi connectivity index (χ0n) is 9.30. The summed E-state index contributed by atoms with van der Waals surface area (Å²) < 4.78 is 6.22. The number of nitrogens with zero attached hydrogens (tertiary/aromatic N) is 2. The van der Waals surface area contributed by atoms with Crippen molar-refractivity contribution in [2.45, 2.75) is 24.5 Å². The predicted molar refractivity (Wildman–Crippen MR) is 59.3 cm³/mol. The summed E-state index contributed by atoms with van der Waals surface area (Å²) in [6.45, 7) is -0.459. The van der Waals surface area contributed by atoms with Crippen LogP contribution in [-0.2, 0) is 4.74 Å². The number of aliphatic hydroxyl groups excluding tert-OH is 3. The Hall–Kier alpha value is -1.52. The van der Waals surface area contributed by atoms with Crippen LogP contribution in [0.2, 0.25) is 0 Å². The topological polar surface area (TPSA) is 143 Å². The van der Waals surface area contributed by atoms with Crippen molar-refractivity contribution >= 4 is 5.82 Å². The van der Waals surface area contributed by atoms with Gasteiger partial charge in [-0.3, -0.25) is 4.57 Å². The second kappa shape index (κ2) is 5.00. The molecule has 2 heterocycles. The van der Waals surface area contributed by atoms with E-state index in [9.17, 15) is 15.0 Å². The summed E-state index contributed by atoms with van der Waals surface area (Å²) in [5.74, 6) is 5.27. The number of aliphatic hydroxyl groups is 3. The maximum atomic E-state index is 11.7. The number of nitrogens with two attached hydrogens (primary N) is 1. The van der Waals surface area contributed by atoms with Crippen LogP contribution in [0.1, 0.15) is 6.23 Å². The molecule has 2 rings (SSSR count). The Balaban J connectivity index is 2.30. The lowest BCUT2D eigenvalue weighted by Crippen LogP contribution is -2.36. The van der Waals surface area contributed by atoms with E-state index in [1.165, 1.54) is 12.3 Å². The Morgan fingerprint density at radius 3 is 2.72 bits per heavy atom. The Bertz CT molecular complexity index is 478. The smallest absolute Gasteiger partial charge is 0.351 e. The van der Waals surface area contributed by atoms with Gasteiger partial charge < -0.3 is 25.5 Å². The highest BCUT2D eigenvalue weighted by molar-refractivity contribution is 5.29. The molecule has 0 saturated carbocycles. The Labute approximate surface area is 101 Å². The van der Waals surface area contributed by atoms with E-state index in [-0.39, 0.29) is 5.82 Å². The molecule has 4 atom stereocenters. The van der Waals surface area contributed by atoms with Gasteiger partial charge in [0.1, 0.15) is 24.1 Å². The molecule has 100 valence electrons. The van der Waals surface area contributed by atoms with Crippen LogP contribution in [-0.4, -0.2) is 49.8 Å². The fourth-order valence-electron chi connectivity index (χ4n) is 1.80. The second-order valence-corrected chi connectivity index (χ2v) is 3.88. The van der Waals surface area contributed by atoms with Crippen molar-refractivity contribution in [3.05, 3.63) is 22.7 Å². The molecule has 9 nitrogen and oxygen atoms in total. The third-order valence-electron chi connectivity index (χ3n) is 2.77. The fraction of sp³-hybridized carbons (Fsp3) is 0.556. The molecule has 1 aromatic heterocycles. The second-order valence-electron chi connectivity index (χ2n) is 3.88. The number of aromatic nitrogens is 2. The van der Waals surface area contributed by atoms with Gasteiger partial charge in [0.2, 0.25) is 0 Å². The van der Waals surface area contributed by atoms with E-state index in [4.69, 9.17) is 15.7 Å². The lowest BCUT2D eigenvalue weighted by Gasteiger charge is -2.17. The number of hydrogen-bond acceptors (Lipinski definition) is 8. The number of hydrogen-bond donors (Lipinski definition) is 5. The summed E-state index contributed by atoms with van der Waals surface area (Å²) in [6.07, 6.45) is -3.30. The average molecular weight is 258 g/mol. The van der Waals surface area contributed by atoms with Gasteiger partial charge in [0, 0.05) is 6.20 Å². The highest BCUT2D eigenvalue weighted by atomic mass is 16.6. The van der Waals surface area contributed by atoms with Crippen molar-refractivity contribution in [3.8, 4) is 0 Å². The van der Waals surface area contributed by atoms with Crippen molar-refractivity contribution < 1.29 is 20.1 Å². The molecule has 1 aliphatic heterocycles. The zero-order chi connectivity index (χ0) is 13.3. The summed E-state index contributed by atoms with van der Waals surface area (Å²) >= 11 is 0. The summed E-state index contributed by atoms with van der Waals surface area (Å²) in [6, 6.07) is 1.41. The number of ether oxygens (including phenoxy) is 1. The molecule has 1 saturated heterocycles. The third-order valence-corrected chi connectivity index (χ3v) is 2.77. The Kier molecular flexibility index (Phi) is 3.59. The summed E-state index contributed by atoms with van der Waals surface area (Å²) in [5.41, 5.74) is 1.51. The molecule has 1 fully saturated rings. The van der Waals surface area contributed by atoms with E-state index in [1.807, 2.05) is 0 Å². The molecule has 0 radical (unpaired) electrons. The van der Waals surface area contributed by atoms with Gasteiger partial charge in [-0.05, 0) is 6.07 Å². The van der Waals surface area contributed by atoms with Crippen molar-refractivity contribution in [2.24, 2.45) is 5.84 Å². The van der Waals surface area contributed by atoms with Gasteiger partial charge in [0.25, 0.3) is 0 Å². The maximum Gasteiger partial charge on any atom is 0.351 e.